The maximum atomic E-state index is 13.3. The van der Waals surface area contributed by atoms with Crippen LogP contribution in [-0.2, 0) is 6.54 Å². The molecule has 0 spiro atoms. The number of aromatic nitrogens is 2. The summed E-state index contributed by atoms with van der Waals surface area (Å²) >= 11 is 0. The average Bonchev–Trinajstić information content (AvgIpc) is 2.70. The van der Waals surface area contributed by atoms with Gasteiger partial charge in [0.25, 0.3) is 0 Å². The number of halogens is 1. The minimum absolute atomic E-state index is 0.391. The molecule has 0 atom stereocenters. The lowest BCUT2D eigenvalue weighted by molar-refractivity contribution is -0.387. The first-order valence-corrected chi connectivity index (χ1v) is 4.57. The van der Waals surface area contributed by atoms with Gasteiger partial charge in [0.1, 0.15) is 0 Å². The Kier molecular flexibility index (Phi) is 2.63. The van der Waals surface area contributed by atoms with E-state index in [0.29, 0.717) is 12.1 Å². The molecular formula is C10H8FN3O2. The zero-order valence-electron chi connectivity index (χ0n) is 8.21. The Labute approximate surface area is 90.3 Å². The summed E-state index contributed by atoms with van der Waals surface area (Å²) in [6, 6.07) is 5.58. The number of nitro benzene ring substituents is 1. The molecule has 0 aliphatic carbocycles. The average molecular weight is 221 g/mol. The van der Waals surface area contributed by atoms with Crippen LogP contribution in [0.4, 0.5) is 10.1 Å². The van der Waals surface area contributed by atoms with Crippen molar-refractivity contribution in [2.75, 3.05) is 0 Å². The Bertz CT molecular complexity index is 511. The Morgan fingerprint density at radius 3 is 2.88 bits per heavy atom. The second kappa shape index (κ2) is 4.09. The molecule has 5 nitrogen and oxygen atoms in total. The van der Waals surface area contributed by atoms with Gasteiger partial charge in [0.2, 0.25) is 5.82 Å². The van der Waals surface area contributed by atoms with Crippen LogP contribution >= 0.6 is 0 Å². The van der Waals surface area contributed by atoms with Crippen LogP contribution in [-0.4, -0.2) is 14.7 Å². The fraction of sp³-hybridized carbons (Fsp3) is 0.100. The van der Waals surface area contributed by atoms with Crippen LogP contribution in [0.1, 0.15) is 5.56 Å². The second-order valence-corrected chi connectivity index (χ2v) is 3.25. The molecule has 2 aromatic rings. The van der Waals surface area contributed by atoms with Crippen LogP contribution in [0.5, 0.6) is 0 Å². The lowest BCUT2D eigenvalue weighted by Crippen LogP contribution is -2.01. The molecule has 6 heteroatoms. The van der Waals surface area contributed by atoms with Crippen molar-refractivity contribution < 1.29 is 9.31 Å². The van der Waals surface area contributed by atoms with Gasteiger partial charge < -0.3 is 0 Å². The SMILES string of the molecule is O=[N+]([O-])c1ccc(Cn2cccn2)cc1F. The standard InChI is InChI=1S/C10H8FN3O2/c11-9-6-8(2-3-10(9)14(15)16)7-13-5-1-4-12-13/h1-6H,7H2. The fourth-order valence-corrected chi connectivity index (χ4v) is 1.38. The molecule has 1 aromatic carbocycles. The lowest BCUT2D eigenvalue weighted by atomic mass is 10.2. The van der Waals surface area contributed by atoms with E-state index in [1.165, 1.54) is 6.07 Å². The van der Waals surface area contributed by atoms with Gasteiger partial charge in [0, 0.05) is 18.5 Å². The van der Waals surface area contributed by atoms with Crippen molar-refractivity contribution in [1.29, 1.82) is 0 Å². The number of nitrogens with zero attached hydrogens (tertiary/aromatic N) is 3. The molecule has 0 bridgehead atoms. The van der Waals surface area contributed by atoms with Crippen molar-refractivity contribution in [3.8, 4) is 0 Å². The molecule has 2 rings (SSSR count). The molecule has 0 fully saturated rings. The predicted molar refractivity (Wildman–Crippen MR) is 54.4 cm³/mol. The lowest BCUT2D eigenvalue weighted by Gasteiger charge is -2.02. The highest BCUT2D eigenvalue weighted by molar-refractivity contribution is 5.35. The van der Waals surface area contributed by atoms with Crippen molar-refractivity contribution in [2.24, 2.45) is 0 Å². The van der Waals surface area contributed by atoms with Gasteiger partial charge in [-0.2, -0.15) is 9.49 Å². The molecule has 0 aliphatic heterocycles. The highest BCUT2D eigenvalue weighted by Crippen LogP contribution is 2.18. The molecule has 1 aromatic heterocycles. The van der Waals surface area contributed by atoms with Gasteiger partial charge in [0.15, 0.2) is 0 Å². The zero-order chi connectivity index (χ0) is 11.5. The topological polar surface area (TPSA) is 61.0 Å². The van der Waals surface area contributed by atoms with Crippen LogP contribution < -0.4 is 0 Å². The Hall–Kier alpha value is -2.24. The van der Waals surface area contributed by atoms with Gasteiger partial charge in [0.05, 0.1) is 11.5 Å². The van der Waals surface area contributed by atoms with Crippen molar-refractivity contribution in [3.05, 3.63) is 58.2 Å². The smallest absolute Gasteiger partial charge is 0.268 e. The van der Waals surface area contributed by atoms with Crippen molar-refractivity contribution in [2.45, 2.75) is 6.54 Å². The van der Waals surface area contributed by atoms with Gasteiger partial charge >= 0.3 is 5.69 Å². The first kappa shape index (κ1) is 10.3. The number of hydrogen-bond acceptors (Lipinski definition) is 3. The quantitative estimate of drug-likeness (QED) is 0.588. The highest BCUT2D eigenvalue weighted by atomic mass is 19.1. The second-order valence-electron chi connectivity index (χ2n) is 3.25. The van der Waals surface area contributed by atoms with E-state index in [1.54, 1.807) is 23.1 Å². The van der Waals surface area contributed by atoms with Crippen molar-refractivity contribution in [1.82, 2.24) is 9.78 Å². The number of rotatable bonds is 3. The zero-order valence-corrected chi connectivity index (χ0v) is 8.21. The Morgan fingerprint density at radius 1 is 1.50 bits per heavy atom. The molecule has 82 valence electrons. The normalized spacial score (nSPS) is 10.3. The number of nitro groups is 1. The van der Waals surface area contributed by atoms with E-state index in [4.69, 9.17) is 0 Å². The summed E-state index contributed by atoms with van der Waals surface area (Å²) in [6.07, 6.45) is 3.35. The molecule has 0 unspecified atom stereocenters. The summed E-state index contributed by atoms with van der Waals surface area (Å²) in [5, 5.41) is 14.4. The molecule has 0 saturated carbocycles. The third-order valence-corrected chi connectivity index (χ3v) is 2.11. The Morgan fingerprint density at radius 2 is 2.31 bits per heavy atom. The minimum atomic E-state index is -0.824. The van der Waals surface area contributed by atoms with E-state index in [2.05, 4.69) is 5.10 Å². The van der Waals surface area contributed by atoms with E-state index in [0.717, 1.165) is 12.1 Å². The predicted octanol–water partition coefficient (Wildman–Crippen LogP) is 1.98. The molecule has 0 aliphatic rings. The van der Waals surface area contributed by atoms with Crippen molar-refractivity contribution in [3.63, 3.8) is 0 Å². The third-order valence-electron chi connectivity index (χ3n) is 2.11. The Balaban J connectivity index is 2.24. The van der Waals surface area contributed by atoms with Crippen LogP contribution in [0.15, 0.2) is 36.7 Å². The summed E-state index contributed by atoms with van der Waals surface area (Å²) in [5.41, 5.74) is 0.121. The molecule has 0 N–H and O–H groups in total. The van der Waals surface area contributed by atoms with Crippen LogP contribution in [0, 0.1) is 15.9 Å². The fourth-order valence-electron chi connectivity index (χ4n) is 1.38. The van der Waals surface area contributed by atoms with E-state index < -0.39 is 16.4 Å². The first-order valence-electron chi connectivity index (χ1n) is 4.57. The van der Waals surface area contributed by atoms with E-state index >= 15 is 0 Å². The van der Waals surface area contributed by atoms with Gasteiger partial charge in [-0.05, 0) is 17.7 Å². The molecular weight excluding hydrogens is 213 g/mol. The number of hydrogen-bond donors (Lipinski definition) is 0. The third kappa shape index (κ3) is 2.05. The van der Waals surface area contributed by atoms with Crippen LogP contribution in [0.2, 0.25) is 0 Å². The molecule has 0 saturated heterocycles. The van der Waals surface area contributed by atoms with E-state index in [9.17, 15) is 14.5 Å². The van der Waals surface area contributed by atoms with E-state index in [1.807, 2.05) is 0 Å². The summed E-state index contributed by atoms with van der Waals surface area (Å²) < 4.78 is 14.9. The van der Waals surface area contributed by atoms with Crippen LogP contribution in [0.3, 0.4) is 0 Å². The molecule has 1 heterocycles. The summed E-state index contributed by atoms with van der Waals surface area (Å²) in [5.74, 6) is -0.824. The van der Waals surface area contributed by atoms with Gasteiger partial charge in [-0.15, -0.1) is 0 Å². The van der Waals surface area contributed by atoms with Gasteiger partial charge in [-0.1, -0.05) is 6.07 Å². The van der Waals surface area contributed by atoms with Crippen LogP contribution in [0.25, 0.3) is 0 Å². The van der Waals surface area contributed by atoms with E-state index in [-0.39, 0.29) is 0 Å². The van der Waals surface area contributed by atoms with Gasteiger partial charge in [-0.3, -0.25) is 14.8 Å². The monoisotopic (exact) mass is 221 g/mol. The number of benzene rings is 1. The molecule has 16 heavy (non-hydrogen) atoms. The largest absolute Gasteiger partial charge is 0.304 e. The first-order chi connectivity index (χ1) is 7.66. The maximum absolute atomic E-state index is 13.3. The molecule has 0 radical (unpaired) electrons. The highest BCUT2D eigenvalue weighted by Gasteiger charge is 2.13. The summed E-state index contributed by atoms with van der Waals surface area (Å²) in [4.78, 5) is 9.66. The maximum Gasteiger partial charge on any atom is 0.304 e. The van der Waals surface area contributed by atoms with Gasteiger partial charge in [-0.25, -0.2) is 0 Å². The van der Waals surface area contributed by atoms with Crippen molar-refractivity contribution >= 4 is 5.69 Å². The summed E-state index contributed by atoms with van der Waals surface area (Å²) in [7, 11) is 0. The summed E-state index contributed by atoms with van der Waals surface area (Å²) in [6.45, 7) is 0.391. The minimum Gasteiger partial charge on any atom is -0.268 e. The molecule has 0 amide bonds.